The third-order valence-electron chi connectivity index (χ3n) is 2.85. The highest BCUT2D eigenvalue weighted by Crippen LogP contribution is 2.17. The SMILES string of the molecule is OCC1COC1.c1ccc(-c2ccccc2)cc1. The summed E-state index contributed by atoms with van der Waals surface area (Å²) in [6.45, 7) is 1.81. The molecule has 0 radical (unpaired) electrons. The van der Waals surface area contributed by atoms with E-state index in [1.54, 1.807) is 0 Å². The van der Waals surface area contributed by atoms with Gasteiger partial charge in [-0.1, -0.05) is 60.7 Å². The number of hydrogen-bond acceptors (Lipinski definition) is 2. The number of rotatable bonds is 2. The van der Waals surface area contributed by atoms with Crippen LogP contribution in [-0.4, -0.2) is 24.9 Å². The Morgan fingerprint density at radius 2 is 1.28 bits per heavy atom. The van der Waals surface area contributed by atoms with Gasteiger partial charge in [0.2, 0.25) is 0 Å². The van der Waals surface area contributed by atoms with E-state index >= 15 is 0 Å². The molecule has 2 aromatic rings. The summed E-state index contributed by atoms with van der Waals surface area (Å²) in [7, 11) is 0. The van der Waals surface area contributed by atoms with Gasteiger partial charge in [0.25, 0.3) is 0 Å². The van der Waals surface area contributed by atoms with Crippen LogP contribution in [0.1, 0.15) is 0 Å². The Balaban J connectivity index is 0.000000169. The van der Waals surface area contributed by atoms with Gasteiger partial charge < -0.3 is 9.84 Å². The molecule has 0 aromatic heterocycles. The summed E-state index contributed by atoms with van der Waals surface area (Å²) >= 11 is 0. The number of hydrogen-bond donors (Lipinski definition) is 1. The molecule has 0 amide bonds. The molecule has 1 N–H and O–H groups in total. The van der Waals surface area contributed by atoms with E-state index in [-0.39, 0.29) is 0 Å². The van der Waals surface area contributed by atoms with Crippen LogP contribution >= 0.6 is 0 Å². The Kier molecular flexibility index (Phi) is 4.94. The zero-order valence-corrected chi connectivity index (χ0v) is 10.3. The molecule has 2 heteroatoms. The third kappa shape index (κ3) is 3.69. The van der Waals surface area contributed by atoms with Crippen LogP contribution in [-0.2, 0) is 4.74 Å². The van der Waals surface area contributed by atoms with Crippen molar-refractivity contribution in [3.63, 3.8) is 0 Å². The summed E-state index contributed by atoms with van der Waals surface area (Å²) in [5.41, 5.74) is 2.55. The molecular formula is C16H18O2. The molecule has 0 unspecified atom stereocenters. The molecule has 94 valence electrons. The second-order valence-electron chi connectivity index (χ2n) is 4.32. The minimum Gasteiger partial charge on any atom is -0.396 e. The second kappa shape index (κ2) is 6.94. The lowest BCUT2D eigenvalue weighted by molar-refractivity contribution is -0.0554. The van der Waals surface area contributed by atoms with Crippen LogP contribution in [0.2, 0.25) is 0 Å². The average Bonchev–Trinajstić information content (AvgIpc) is 2.40. The van der Waals surface area contributed by atoms with Crippen LogP contribution in [0, 0.1) is 5.92 Å². The maximum atomic E-state index is 8.31. The standard InChI is InChI=1S/C12H10.C4H8O2/c1-3-7-11(8-4-1)12-9-5-2-6-10-12;5-1-4-2-6-3-4/h1-10H;4-5H,1-3H2. The predicted molar refractivity (Wildman–Crippen MR) is 73.3 cm³/mol. The Morgan fingerprint density at radius 3 is 1.50 bits per heavy atom. The first-order valence-corrected chi connectivity index (χ1v) is 6.19. The van der Waals surface area contributed by atoms with Crippen LogP contribution in [0.25, 0.3) is 11.1 Å². The third-order valence-corrected chi connectivity index (χ3v) is 2.85. The first kappa shape index (κ1) is 12.8. The number of benzene rings is 2. The summed E-state index contributed by atoms with van der Waals surface area (Å²) < 4.78 is 4.77. The molecule has 0 atom stereocenters. The average molecular weight is 242 g/mol. The first-order chi connectivity index (χ1) is 8.90. The summed E-state index contributed by atoms with van der Waals surface area (Å²) in [5, 5.41) is 8.31. The Hall–Kier alpha value is -1.64. The number of ether oxygens (including phenoxy) is 1. The highest BCUT2D eigenvalue weighted by molar-refractivity contribution is 5.62. The summed E-state index contributed by atoms with van der Waals surface area (Å²) in [5.74, 6) is 0.449. The minimum absolute atomic E-state index is 0.292. The van der Waals surface area contributed by atoms with Gasteiger partial charge in [-0.05, 0) is 11.1 Å². The van der Waals surface area contributed by atoms with E-state index in [0.717, 1.165) is 13.2 Å². The molecule has 0 saturated carbocycles. The molecule has 1 aliphatic rings. The molecule has 0 spiro atoms. The molecule has 0 aliphatic carbocycles. The van der Waals surface area contributed by atoms with Gasteiger partial charge in [0.05, 0.1) is 19.8 Å². The van der Waals surface area contributed by atoms with Crippen molar-refractivity contribution in [3.05, 3.63) is 60.7 Å². The van der Waals surface area contributed by atoms with Crippen LogP contribution in [0.4, 0.5) is 0 Å². The monoisotopic (exact) mass is 242 g/mol. The molecule has 1 fully saturated rings. The fourth-order valence-corrected chi connectivity index (χ4v) is 1.65. The lowest BCUT2D eigenvalue weighted by Gasteiger charge is -2.22. The van der Waals surface area contributed by atoms with Gasteiger partial charge in [0.1, 0.15) is 0 Å². The van der Waals surface area contributed by atoms with Gasteiger partial charge in [-0.25, -0.2) is 0 Å². The van der Waals surface area contributed by atoms with Crippen LogP contribution in [0.5, 0.6) is 0 Å². The van der Waals surface area contributed by atoms with Crippen molar-refractivity contribution >= 4 is 0 Å². The van der Waals surface area contributed by atoms with E-state index in [9.17, 15) is 0 Å². The number of aliphatic hydroxyl groups excluding tert-OH is 1. The van der Waals surface area contributed by atoms with Crippen molar-refractivity contribution in [2.24, 2.45) is 5.92 Å². The molecule has 18 heavy (non-hydrogen) atoms. The molecule has 2 aromatic carbocycles. The maximum Gasteiger partial charge on any atom is 0.0538 e. The Morgan fingerprint density at radius 1 is 0.833 bits per heavy atom. The summed E-state index contributed by atoms with van der Waals surface area (Å²) in [4.78, 5) is 0. The van der Waals surface area contributed by atoms with Crippen molar-refractivity contribution in [2.75, 3.05) is 19.8 Å². The predicted octanol–water partition coefficient (Wildman–Crippen LogP) is 2.98. The molecule has 3 rings (SSSR count). The number of aliphatic hydroxyl groups is 1. The second-order valence-corrected chi connectivity index (χ2v) is 4.32. The largest absolute Gasteiger partial charge is 0.396 e. The maximum absolute atomic E-state index is 8.31. The Labute approximate surface area is 108 Å². The van der Waals surface area contributed by atoms with E-state index in [1.165, 1.54) is 11.1 Å². The fraction of sp³-hybridized carbons (Fsp3) is 0.250. The van der Waals surface area contributed by atoms with Gasteiger partial charge in [-0.3, -0.25) is 0 Å². The molecule has 1 saturated heterocycles. The lowest BCUT2D eigenvalue weighted by Crippen LogP contribution is -2.30. The van der Waals surface area contributed by atoms with E-state index in [2.05, 4.69) is 48.5 Å². The van der Waals surface area contributed by atoms with Crippen LogP contribution < -0.4 is 0 Å². The van der Waals surface area contributed by atoms with E-state index < -0.39 is 0 Å². The lowest BCUT2D eigenvalue weighted by atomic mass is 10.1. The quantitative estimate of drug-likeness (QED) is 0.877. The molecule has 1 aliphatic heterocycles. The molecule has 2 nitrogen and oxygen atoms in total. The van der Waals surface area contributed by atoms with E-state index in [4.69, 9.17) is 9.84 Å². The van der Waals surface area contributed by atoms with Gasteiger partial charge >= 0.3 is 0 Å². The van der Waals surface area contributed by atoms with Gasteiger partial charge in [0.15, 0.2) is 0 Å². The van der Waals surface area contributed by atoms with Crippen molar-refractivity contribution in [2.45, 2.75) is 0 Å². The molecule has 1 heterocycles. The van der Waals surface area contributed by atoms with Crippen LogP contribution in [0.3, 0.4) is 0 Å². The highest BCUT2D eigenvalue weighted by atomic mass is 16.5. The van der Waals surface area contributed by atoms with Gasteiger partial charge in [-0.2, -0.15) is 0 Å². The topological polar surface area (TPSA) is 29.5 Å². The van der Waals surface area contributed by atoms with E-state index in [0.29, 0.717) is 12.5 Å². The first-order valence-electron chi connectivity index (χ1n) is 6.19. The zero-order chi connectivity index (χ0) is 12.6. The minimum atomic E-state index is 0.292. The smallest absolute Gasteiger partial charge is 0.0538 e. The molecular weight excluding hydrogens is 224 g/mol. The van der Waals surface area contributed by atoms with Gasteiger partial charge in [0, 0.05) is 5.92 Å². The fourth-order valence-electron chi connectivity index (χ4n) is 1.65. The summed E-state index contributed by atoms with van der Waals surface area (Å²) in [6.07, 6.45) is 0. The van der Waals surface area contributed by atoms with Crippen molar-refractivity contribution in [1.82, 2.24) is 0 Å². The van der Waals surface area contributed by atoms with Crippen molar-refractivity contribution in [1.29, 1.82) is 0 Å². The van der Waals surface area contributed by atoms with E-state index in [1.807, 2.05) is 12.1 Å². The van der Waals surface area contributed by atoms with Crippen molar-refractivity contribution in [3.8, 4) is 11.1 Å². The van der Waals surface area contributed by atoms with Crippen LogP contribution in [0.15, 0.2) is 60.7 Å². The normalized spacial score (nSPS) is 14.3. The van der Waals surface area contributed by atoms with Gasteiger partial charge in [-0.15, -0.1) is 0 Å². The highest BCUT2D eigenvalue weighted by Gasteiger charge is 2.15. The molecule has 0 bridgehead atoms. The zero-order valence-electron chi connectivity index (χ0n) is 10.3. The Bertz CT molecular complexity index is 395. The summed E-state index contributed by atoms with van der Waals surface area (Å²) in [6, 6.07) is 20.8. The van der Waals surface area contributed by atoms with Crippen molar-refractivity contribution < 1.29 is 9.84 Å².